The maximum atomic E-state index is 13.1. The van der Waals surface area contributed by atoms with Crippen molar-refractivity contribution in [2.45, 2.75) is 11.1 Å². The molecular weight excluding hydrogens is 423 g/mol. The molecular formula is C20H21FN6O3S. The summed E-state index contributed by atoms with van der Waals surface area (Å²) in [5.74, 6) is 0.0884. The molecule has 1 saturated heterocycles. The molecule has 2 aromatic rings. The number of nitrogens with zero attached hydrogens (tertiary/aromatic N) is 3. The fraction of sp³-hybridized carbons (Fsp3) is 0.300. The second-order valence-corrected chi connectivity index (χ2v) is 9.54. The lowest BCUT2D eigenvalue weighted by molar-refractivity contribution is 0.0904. The number of amidine groups is 1. The molecule has 0 bridgehead atoms. The van der Waals surface area contributed by atoms with Crippen molar-refractivity contribution in [2.24, 2.45) is 4.99 Å². The molecule has 5 rings (SSSR count). The molecule has 2 aromatic carbocycles. The average Bonchev–Trinajstić information content (AvgIpc) is 2.77. The zero-order chi connectivity index (χ0) is 21.6. The van der Waals surface area contributed by atoms with Crippen molar-refractivity contribution in [1.82, 2.24) is 25.4 Å². The minimum atomic E-state index is -3.65. The van der Waals surface area contributed by atoms with Gasteiger partial charge < -0.3 is 5.32 Å². The van der Waals surface area contributed by atoms with Crippen molar-refractivity contribution in [3.05, 3.63) is 59.4 Å². The van der Waals surface area contributed by atoms with Crippen LogP contribution < -0.4 is 16.2 Å². The van der Waals surface area contributed by atoms with E-state index >= 15 is 0 Å². The van der Waals surface area contributed by atoms with Gasteiger partial charge in [-0.15, -0.1) is 0 Å². The third kappa shape index (κ3) is 3.69. The molecule has 1 atom stereocenters. The summed E-state index contributed by atoms with van der Waals surface area (Å²) in [5.41, 5.74) is 7.77. The summed E-state index contributed by atoms with van der Waals surface area (Å²) >= 11 is 0. The van der Waals surface area contributed by atoms with Gasteiger partial charge in [-0.25, -0.2) is 23.2 Å². The Kier molecular flexibility index (Phi) is 4.97. The molecule has 31 heavy (non-hydrogen) atoms. The van der Waals surface area contributed by atoms with Gasteiger partial charge in [-0.2, -0.15) is 4.31 Å². The fourth-order valence-electron chi connectivity index (χ4n) is 4.06. The van der Waals surface area contributed by atoms with E-state index in [1.54, 1.807) is 6.07 Å². The van der Waals surface area contributed by atoms with Gasteiger partial charge >= 0.3 is 0 Å². The van der Waals surface area contributed by atoms with Crippen LogP contribution in [0, 0.1) is 5.82 Å². The normalized spacial score (nSPS) is 21.6. The Hall–Kier alpha value is -2.86. The quantitative estimate of drug-likeness (QED) is 0.642. The average molecular weight is 444 g/mol. The van der Waals surface area contributed by atoms with Crippen LogP contribution in [0.4, 0.5) is 10.1 Å². The van der Waals surface area contributed by atoms with Gasteiger partial charge in [0.05, 0.1) is 17.1 Å². The third-order valence-electron chi connectivity index (χ3n) is 5.67. The van der Waals surface area contributed by atoms with Crippen LogP contribution in [0.5, 0.6) is 0 Å². The van der Waals surface area contributed by atoms with Gasteiger partial charge in [0.25, 0.3) is 5.91 Å². The first-order valence-electron chi connectivity index (χ1n) is 9.93. The maximum Gasteiger partial charge on any atom is 0.265 e. The van der Waals surface area contributed by atoms with E-state index in [0.717, 1.165) is 29.2 Å². The molecule has 1 fully saturated rings. The molecule has 3 N–H and O–H groups in total. The van der Waals surface area contributed by atoms with E-state index in [-0.39, 0.29) is 17.0 Å². The Labute approximate surface area is 179 Å². The molecule has 162 valence electrons. The largest absolute Gasteiger partial charge is 0.352 e. The third-order valence-corrected chi connectivity index (χ3v) is 7.58. The van der Waals surface area contributed by atoms with E-state index in [2.05, 4.69) is 26.1 Å². The van der Waals surface area contributed by atoms with Gasteiger partial charge in [0.15, 0.2) is 0 Å². The summed E-state index contributed by atoms with van der Waals surface area (Å²) < 4.78 is 40.1. The molecule has 0 saturated carbocycles. The molecule has 0 spiro atoms. The van der Waals surface area contributed by atoms with Crippen LogP contribution in [0.25, 0.3) is 0 Å². The van der Waals surface area contributed by atoms with Gasteiger partial charge in [-0.1, -0.05) is 6.07 Å². The number of carbonyl (C=O) groups is 1. The number of rotatable bonds is 4. The highest BCUT2D eigenvalue weighted by Gasteiger charge is 2.33. The smallest absolute Gasteiger partial charge is 0.265 e. The molecule has 3 aliphatic heterocycles. The number of halogens is 1. The summed E-state index contributed by atoms with van der Waals surface area (Å²) in [6.45, 7) is 2.29. The SMILES string of the molecule is O=C1NNC2NC(CN3CCN(S(=O)(=O)c4ccc(F)cc4)CC3)=Nc3cccc1c32. The van der Waals surface area contributed by atoms with E-state index in [1.807, 2.05) is 12.1 Å². The second kappa shape index (κ2) is 7.68. The highest BCUT2D eigenvalue weighted by molar-refractivity contribution is 7.89. The van der Waals surface area contributed by atoms with Gasteiger partial charge in [-0.05, 0) is 36.4 Å². The number of hydrogen-bond acceptors (Lipinski definition) is 7. The number of nitrogens with one attached hydrogen (secondary N) is 3. The highest BCUT2D eigenvalue weighted by atomic mass is 32.2. The number of hydrazine groups is 1. The zero-order valence-electron chi connectivity index (χ0n) is 16.5. The lowest BCUT2D eigenvalue weighted by Crippen LogP contribution is -2.55. The number of benzene rings is 2. The van der Waals surface area contributed by atoms with Crippen LogP contribution >= 0.6 is 0 Å². The number of amides is 1. The summed E-state index contributed by atoms with van der Waals surface area (Å²) in [6, 6.07) is 10.3. The van der Waals surface area contributed by atoms with Crippen LogP contribution in [0.15, 0.2) is 52.4 Å². The molecule has 0 radical (unpaired) electrons. The molecule has 0 aromatic heterocycles. The van der Waals surface area contributed by atoms with Crippen molar-refractivity contribution >= 4 is 27.5 Å². The van der Waals surface area contributed by atoms with E-state index in [9.17, 15) is 17.6 Å². The van der Waals surface area contributed by atoms with Gasteiger partial charge in [0.1, 0.15) is 17.8 Å². The number of sulfonamides is 1. The lowest BCUT2D eigenvalue weighted by atomic mass is 9.99. The first-order chi connectivity index (χ1) is 14.9. The molecule has 3 aliphatic rings. The number of hydrogen-bond donors (Lipinski definition) is 3. The van der Waals surface area contributed by atoms with Gasteiger partial charge in [-0.3, -0.25) is 15.1 Å². The van der Waals surface area contributed by atoms with Gasteiger partial charge in [0.2, 0.25) is 10.0 Å². The van der Waals surface area contributed by atoms with Crippen molar-refractivity contribution in [3.8, 4) is 0 Å². The van der Waals surface area contributed by atoms with E-state index < -0.39 is 15.8 Å². The first kappa shape index (κ1) is 20.1. The van der Waals surface area contributed by atoms with Crippen molar-refractivity contribution < 1.29 is 17.6 Å². The topological polar surface area (TPSA) is 106 Å². The van der Waals surface area contributed by atoms with Crippen LogP contribution in [0.3, 0.4) is 0 Å². The second-order valence-electron chi connectivity index (χ2n) is 7.61. The lowest BCUT2D eigenvalue weighted by Gasteiger charge is -2.37. The van der Waals surface area contributed by atoms with Crippen molar-refractivity contribution in [1.29, 1.82) is 0 Å². The molecule has 9 nitrogen and oxygen atoms in total. The summed E-state index contributed by atoms with van der Waals surface area (Å²) in [6.07, 6.45) is -0.267. The molecule has 11 heteroatoms. The van der Waals surface area contributed by atoms with Crippen LogP contribution in [0.2, 0.25) is 0 Å². The van der Waals surface area contributed by atoms with Crippen LogP contribution in [0.1, 0.15) is 22.1 Å². The molecule has 1 amide bonds. The van der Waals surface area contributed by atoms with Gasteiger partial charge in [0, 0.05) is 37.3 Å². The van der Waals surface area contributed by atoms with Crippen molar-refractivity contribution in [2.75, 3.05) is 32.7 Å². The minimum Gasteiger partial charge on any atom is -0.352 e. The van der Waals surface area contributed by atoms with Crippen molar-refractivity contribution in [3.63, 3.8) is 0 Å². The predicted molar refractivity (Wildman–Crippen MR) is 112 cm³/mol. The summed E-state index contributed by atoms with van der Waals surface area (Å²) in [7, 11) is -3.65. The van der Waals surface area contributed by atoms with E-state index in [4.69, 9.17) is 0 Å². The predicted octanol–water partition coefficient (Wildman–Crippen LogP) is 0.712. The Morgan fingerprint density at radius 1 is 1.06 bits per heavy atom. The zero-order valence-corrected chi connectivity index (χ0v) is 17.3. The Bertz CT molecular complexity index is 1160. The van der Waals surface area contributed by atoms with E-state index in [0.29, 0.717) is 38.3 Å². The van der Waals surface area contributed by atoms with Crippen LogP contribution in [-0.4, -0.2) is 62.1 Å². The minimum absolute atomic E-state index is 0.0958. The molecule has 0 aliphatic carbocycles. The van der Waals surface area contributed by atoms with E-state index in [1.165, 1.54) is 16.4 Å². The first-order valence-corrected chi connectivity index (χ1v) is 11.4. The number of aliphatic imine (C=N–C) groups is 1. The van der Waals surface area contributed by atoms with Crippen LogP contribution in [-0.2, 0) is 10.0 Å². The summed E-state index contributed by atoms with van der Waals surface area (Å²) in [4.78, 5) is 18.9. The maximum absolute atomic E-state index is 13.1. The number of piperazine rings is 1. The fourth-order valence-corrected chi connectivity index (χ4v) is 5.48. The Morgan fingerprint density at radius 3 is 2.55 bits per heavy atom. The highest BCUT2D eigenvalue weighted by Crippen LogP contribution is 2.32. The number of carbonyl (C=O) groups excluding carboxylic acids is 1. The molecule has 3 heterocycles. The summed E-state index contributed by atoms with van der Waals surface area (Å²) in [5, 5.41) is 3.31. The standard InChI is InChI=1S/C20H21FN6O3S/c21-13-4-6-14(7-5-13)31(29,30)27-10-8-26(9-11-27)12-17-22-16-3-1-2-15-18(16)19(23-17)24-25-20(15)28/h1-7,19,24H,8-12H2,(H,22,23)(H,25,28). The Morgan fingerprint density at radius 2 is 1.81 bits per heavy atom. The Balaban J connectivity index is 1.26. The molecule has 1 unspecified atom stereocenters. The monoisotopic (exact) mass is 444 g/mol.